The zero-order chi connectivity index (χ0) is 14.3. The predicted octanol–water partition coefficient (Wildman–Crippen LogP) is 2.52. The van der Waals surface area contributed by atoms with Gasteiger partial charge in [-0.3, -0.25) is 9.36 Å². The van der Waals surface area contributed by atoms with Crippen molar-refractivity contribution in [3.05, 3.63) is 56.7 Å². The van der Waals surface area contributed by atoms with Gasteiger partial charge in [-0.2, -0.15) is 0 Å². The Balaban J connectivity index is 1.83. The van der Waals surface area contributed by atoms with E-state index in [0.29, 0.717) is 12.4 Å². The highest BCUT2D eigenvalue weighted by Crippen LogP contribution is 2.30. The van der Waals surface area contributed by atoms with Crippen LogP contribution in [0, 0.1) is 13.8 Å². The first-order valence-corrected chi connectivity index (χ1v) is 6.91. The van der Waals surface area contributed by atoms with Gasteiger partial charge in [0.05, 0.1) is 6.54 Å². The zero-order valence-corrected chi connectivity index (χ0v) is 12.1. The lowest BCUT2D eigenvalue weighted by Gasteiger charge is -2.14. The molecule has 0 spiro atoms. The maximum absolute atomic E-state index is 12.0. The van der Waals surface area contributed by atoms with Gasteiger partial charge in [-0.1, -0.05) is 29.3 Å². The lowest BCUT2D eigenvalue weighted by molar-refractivity contribution is 0.205. The Morgan fingerprint density at radius 3 is 2.95 bits per heavy atom. The van der Waals surface area contributed by atoms with E-state index in [2.05, 4.69) is 18.0 Å². The van der Waals surface area contributed by atoms with Crippen LogP contribution in [0.25, 0.3) is 0 Å². The largest absolute Gasteiger partial charge is 0.488 e. The minimum absolute atomic E-state index is 0.0359. The van der Waals surface area contributed by atoms with Crippen molar-refractivity contribution in [1.29, 1.82) is 0 Å². The van der Waals surface area contributed by atoms with Gasteiger partial charge >= 0.3 is 0 Å². The van der Waals surface area contributed by atoms with Gasteiger partial charge in [0.25, 0.3) is 5.56 Å². The number of hydrogen-bond acceptors (Lipinski definition) is 3. The highest BCUT2D eigenvalue weighted by Gasteiger charge is 2.24. The van der Waals surface area contributed by atoms with Crippen LogP contribution in [0.5, 0.6) is 5.75 Å². The number of rotatable bonds is 2. The molecule has 0 saturated carbocycles. The third-order valence-corrected chi connectivity index (χ3v) is 3.70. The van der Waals surface area contributed by atoms with E-state index >= 15 is 0 Å². The first-order valence-electron chi connectivity index (χ1n) is 6.53. The van der Waals surface area contributed by atoms with E-state index in [1.165, 1.54) is 17.2 Å². The van der Waals surface area contributed by atoms with Crippen molar-refractivity contribution in [3.8, 4) is 5.75 Å². The molecular weight excluding hydrogens is 276 g/mol. The molecule has 1 aromatic carbocycles. The summed E-state index contributed by atoms with van der Waals surface area (Å²) in [5.41, 5.74) is 2.27. The fraction of sp³-hybridized carbons (Fsp3) is 0.333. The average molecular weight is 291 g/mol. The number of ether oxygens (including phenoxy) is 1. The molecule has 0 saturated heterocycles. The number of halogens is 1. The van der Waals surface area contributed by atoms with Gasteiger partial charge in [-0.25, -0.2) is 4.98 Å². The monoisotopic (exact) mass is 290 g/mol. The van der Waals surface area contributed by atoms with Gasteiger partial charge in [0, 0.05) is 12.5 Å². The molecule has 0 amide bonds. The quantitative estimate of drug-likeness (QED) is 0.798. The van der Waals surface area contributed by atoms with Crippen LogP contribution in [0.2, 0.25) is 5.15 Å². The van der Waals surface area contributed by atoms with Crippen molar-refractivity contribution < 1.29 is 4.74 Å². The molecule has 0 fully saturated rings. The molecule has 3 rings (SSSR count). The molecule has 2 aromatic rings. The summed E-state index contributed by atoms with van der Waals surface area (Å²) >= 11 is 5.77. The highest BCUT2D eigenvalue weighted by molar-refractivity contribution is 6.29. The molecule has 0 radical (unpaired) electrons. The van der Waals surface area contributed by atoms with E-state index in [1.54, 1.807) is 11.5 Å². The van der Waals surface area contributed by atoms with Crippen LogP contribution in [-0.2, 0) is 13.0 Å². The first-order chi connectivity index (χ1) is 9.52. The van der Waals surface area contributed by atoms with Crippen LogP contribution in [0.4, 0.5) is 0 Å². The molecule has 2 heterocycles. The molecule has 5 heteroatoms. The topological polar surface area (TPSA) is 44.1 Å². The van der Waals surface area contributed by atoms with E-state index in [4.69, 9.17) is 16.3 Å². The third kappa shape index (κ3) is 2.43. The number of hydrogen-bond donors (Lipinski definition) is 0. The summed E-state index contributed by atoms with van der Waals surface area (Å²) in [5, 5.41) is 0.231. The van der Waals surface area contributed by atoms with Crippen molar-refractivity contribution in [2.75, 3.05) is 0 Å². The van der Waals surface area contributed by atoms with Gasteiger partial charge < -0.3 is 4.74 Å². The van der Waals surface area contributed by atoms with Gasteiger partial charge in [0.2, 0.25) is 0 Å². The molecule has 0 aliphatic carbocycles. The Labute approximate surface area is 122 Å². The Morgan fingerprint density at radius 1 is 1.40 bits per heavy atom. The Morgan fingerprint density at radius 2 is 2.20 bits per heavy atom. The summed E-state index contributed by atoms with van der Waals surface area (Å²) in [6, 6.07) is 7.48. The lowest BCUT2D eigenvalue weighted by Crippen LogP contribution is -2.30. The SMILES string of the molecule is Cc1ccc2c(c1)CC(Cn1c(C)nc(Cl)cc1=O)O2. The third-order valence-electron chi connectivity index (χ3n) is 3.51. The standard InChI is InChI=1S/C15H15ClN2O2/c1-9-3-4-13-11(5-9)6-12(20-13)8-18-10(2)17-14(16)7-15(18)19/h3-5,7,12H,6,8H2,1-2H3. The number of aryl methyl sites for hydroxylation is 2. The van der Waals surface area contributed by atoms with Crippen LogP contribution >= 0.6 is 11.6 Å². The van der Waals surface area contributed by atoms with E-state index in [-0.39, 0.29) is 16.8 Å². The normalized spacial score (nSPS) is 16.9. The molecule has 1 unspecified atom stereocenters. The van der Waals surface area contributed by atoms with Crippen molar-refractivity contribution in [2.45, 2.75) is 32.9 Å². The second-order valence-electron chi connectivity index (χ2n) is 5.13. The average Bonchev–Trinajstić information content (AvgIpc) is 2.75. The van der Waals surface area contributed by atoms with Crippen molar-refractivity contribution in [1.82, 2.24) is 9.55 Å². The minimum atomic E-state index is -0.141. The van der Waals surface area contributed by atoms with Crippen LogP contribution < -0.4 is 10.3 Å². The summed E-state index contributed by atoms with van der Waals surface area (Å²) in [6.45, 7) is 4.33. The van der Waals surface area contributed by atoms with Crippen LogP contribution in [0.1, 0.15) is 17.0 Å². The Hall–Kier alpha value is -1.81. The maximum atomic E-state index is 12.0. The minimum Gasteiger partial charge on any atom is -0.488 e. The molecule has 1 aliphatic rings. The molecular formula is C15H15ClN2O2. The maximum Gasteiger partial charge on any atom is 0.255 e. The summed E-state index contributed by atoms with van der Waals surface area (Å²) in [4.78, 5) is 16.1. The van der Waals surface area contributed by atoms with Gasteiger partial charge in [0.15, 0.2) is 0 Å². The van der Waals surface area contributed by atoms with Gasteiger partial charge in [-0.05, 0) is 25.5 Å². The molecule has 0 N–H and O–H groups in total. The summed E-state index contributed by atoms with van der Waals surface area (Å²) in [7, 11) is 0. The molecule has 1 aliphatic heterocycles. The van der Waals surface area contributed by atoms with Crippen molar-refractivity contribution in [3.63, 3.8) is 0 Å². The summed E-state index contributed by atoms with van der Waals surface area (Å²) in [6.07, 6.45) is 0.775. The second kappa shape index (κ2) is 4.94. The van der Waals surface area contributed by atoms with Crippen LogP contribution in [0.3, 0.4) is 0 Å². The lowest BCUT2D eigenvalue weighted by atomic mass is 10.1. The van der Waals surface area contributed by atoms with Crippen LogP contribution in [0.15, 0.2) is 29.1 Å². The molecule has 1 atom stereocenters. The Kier molecular flexibility index (Phi) is 3.26. The number of nitrogens with zero attached hydrogens (tertiary/aromatic N) is 2. The fourth-order valence-electron chi connectivity index (χ4n) is 2.56. The number of aromatic nitrogens is 2. The molecule has 0 bridgehead atoms. The second-order valence-corrected chi connectivity index (χ2v) is 5.52. The smallest absolute Gasteiger partial charge is 0.255 e. The van der Waals surface area contributed by atoms with E-state index in [9.17, 15) is 4.79 Å². The zero-order valence-electron chi connectivity index (χ0n) is 11.4. The van der Waals surface area contributed by atoms with E-state index < -0.39 is 0 Å². The van der Waals surface area contributed by atoms with Gasteiger partial charge in [0.1, 0.15) is 22.8 Å². The number of benzene rings is 1. The van der Waals surface area contributed by atoms with Crippen molar-refractivity contribution in [2.24, 2.45) is 0 Å². The molecule has 1 aromatic heterocycles. The first kappa shape index (κ1) is 13.2. The van der Waals surface area contributed by atoms with Gasteiger partial charge in [-0.15, -0.1) is 0 Å². The van der Waals surface area contributed by atoms with E-state index in [0.717, 1.165) is 12.2 Å². The summed E-state index contributed by atoms with van der Waals surface area (Å²) < 4.78 is 7.49. The molecule has 4 nitrogen and oxygen atoms in total. The molecule has 20 heavy (non-hydrogen) atoms. The summed E-state index contributed by atoms with van der Waals surface area (Å²) in [5.74, 6) is 1.52. The van der Waals surface area contributed by atoms with Crippen LogP contribution in [-0.4, -0.2) is 15.7 Å². The Bertz CT molecular complexity index is 724. The highest BCUT2D eigenvalue weighted by atomic mass is 35.5. The fourth-order valence-corrected chi connectivity index (χ4v) is 2.78. The van der Waals surface area contributed by atoms with Crippen molar-refractivity contribution >= 4 is 11.6 Å². The number of fused-ring (bicyclic) bond motifs is 1. The predicted molar refractivity (Wildman–Crippen MR) is 77.5 cm³/mol. The van der Waals surface area contributed by atoms with E-state index in [1.807, 2.05) is 12.1 Å². The molecule has 104 valence electrons.